The predicted molar refractivity (Wildman–Crippen MR) is 274 cm³/mol. The molecule has 69 heavy (non-hydrogen) atoms. The number of ether oxygens (including phenoxy) is 2. The van der Waals surface area contributed by atoms with Gasteiger partial charge in [0, 0.05) is 12.3 Å². The van der Waals surface area contributed by atoms with Gasteiger partial charge in [0.25, 0.3) is 0 Å². The smallest absolute Gasteiger partial charge is 0.323 e. The van der Waals surface area contributed by atoms with Crippen LogP contribution in [0.2, 0.25) is 0 Å². The topological polar surface area (TPSA) is 93.7 Å². The van der Waals surface area contributed by atoms with Gasteiger partial charge >= 0.3 is 11.9 Å². The molecule has 7 nitrogen and oxygen atoms in total. The third kappa shape index (κ3) is 9.46. The van der Waals surface area contributed by atoms with E-state index in [0.717, 1.165) is 61.2 Å². The van der Waals surface area contributed by atoms with E-state index in [0.29, 0.717) is 6.42 Å². The summed E-state index contributed by atoms with van der Waals surface area (Å²) < 4.78 is 12.5. The van der Waals surface area contributed by atoms with Crippen molar-refractivity contribution in [3.05, 3.63) is 227 Å². The monoisotopic (exact) mass is 914 g/mol. The number of benzene rings is 7. The summed E-state index contributed by atoms with van der Waals surface area (Å²) in [6.45, 7) is 11.2. The van der Waals surface area contributed by atoms with Crippen LogP contribution >= 0.6 is 0 Å². The molecule has 0 fully saturated rings. The number of nitrogens with one attached hydrogen (secondary N) is 2. The molecule has 0 radical (unpaired) electrons. The van der Waals surface area contributed by atoms with Crippen molar-refractivity contribution in [2.24, 2.45) is 5.92 Å². The normalized spacial score (nSPS) is 15.4. The molecule has 0 heterocycles. The van der Waals surface area contributed by atoms with E-state index < -0.39 is 52.2 Å². The third-order valence-electron chi connectivity index (χ3n) is 13.5. The Morgan fingerprint density at radius 2 is 0.783 bits per heavy atom. The zero-order valence-corrected chi connectivity index (χ0v) is 40.5. The molecule has 7 heteroatoms. The van der Waals surface area contributed by atoms with Crippen molar-refractivity contribution in [1.29, 1.82) is 0 Å². The summed E-state index contributed by atoms with van der Waals surface area (Å²) in [6, 6.07) is 61.8. The molecule has 9 rings (SSSR count). The molecule has 0 aliphatic heterocycles. The van der Waals surface area contributed by atoms with Crippen LogP contribution in [0.1, 0.15) is 99.7 Å². The van der Waals surface area contributed by atoms with Crippen LogP contribution in [-0.4, -0.2) is 41.0 Å². The summed E-state index contributed by atoms with van der Waals surface area (Å²) in [4.78, 5) is 45.1. The van der Waals surface area contributed by atoms with Gasteiger partial charge in [0.05, 0.1) is 11.1 Å². The van der Waals surface area contributed by atoms with E-state index in [4.69, 9.17) is 9.47 Å². The van der Waals surface area contributed by atoms with E-state index in [1.54, 1.807) is 0 Å². The molecule has 0 spiro atoms. The maximum Gasteiger partial charge on any atom is 0.323 e. The molecule has 2 aliphatic carbocycles. The molecule has 7 aromatic carbocycles. The molecule has 350 valence electrons. The van der Waals surface area contributed by atoms with Crippen molar-refractivity contribution in [3.8, 4) is 22.3 Å². The van der Waals surface area contributed by atoms with Crippen LogP contribution in [0.4, 0.5) is 0 Å². The second-order valence-corrected chi connectivity index (χ2v) is 20.5. The van der Waals surface area contributed by atoms with Gasteiger partial charge in [-0.3, -0.25) is 25.0 Å². The first-order chi connectivity index (χ1) is 33.2. The zero-order valence-electron chi connectivity index (χ0n) is 40.5. The first kappa shape index (κ1) is 47.1. The fourth-order valence-electron chi connectivity index (χ4n) is 10.7. The molecule has 0 aromatic heterocycles. The van der Waals surface area contributed by atoms with Gasteiger partial charge in [0.2, 0.25) is 0 Å². The number of ketones is 1. The van der Waals surface area contributed by atoms with Gasteiger partial charge in [-0.15, -0.1) is 0 Å². The molecular weight excluding hydrogens is 853 g/mol. The molecular formula is C62H62N2O5. The van der Waals surface area contributed by atoms with E-state index in [9.17, 15) is 9.59 Å². The van der Waals surface area contributed by atoms with E-state index in [1.165, 1.54) is 0 Å². The molecule has 0 saturated heterocycles. The van der Waals surface area contributed by atoms with Gasteiger partial charge in [-0.2, -0.15) is 0 Å². The van der Waals surface area contributed by atoms with Crippen LogP contribution in [0.15, 0.2) is 188 Å². The lowest BCUT2D eigenvalue weighted by Gasteiger charge is -2.39. The fourth-order valence-corrected chi connectivity index (χ4v) is 10.7. The minimum atomic E-state index is -0.957. The summed E-state index contributed by atoms with van der Waals surface area (Å²) in [5.41, 5.74) is 7.80. The number of hydrogen-bond donors (Lipinski definition) is 2. The van der Waals surface area contributed by atoms with Crippen molar-refractivity contribution in [3.63, 3.8) is 0 Å². The lowest BCUT2D eigenvalue weighted by atomic mass is 9.78. The van der Waals surface area contributed by atoms with Gasteiger partial charge in [0.1, 0.15) is 29.1 Å². The highest BCUT2D eigenvalue weighted by Gasteiger charge is 2.49. The van der Waals surface area contributed by atoms with Gasteiger partial charge in [-0.05, 0) is 122 Å². The average Bonchev–Trinajstić information content (AvgIpc) is 3.80. The number of rotatable bonds is 16. The Bertz CT molecular complexity index is 2860. The van der Waals surface area contributed by atoms with Crippen molar-refractivity contribution in [2.45, 2.75) is 102 Å². The van der Waals surface area contributed by atoms with E-state index >= 15 is 4.79 Å². The Kier molecular flexibility index (Phi) is 13.1. The molecule has 0 unspecified atom stereocenters. The standard InChI is InChI=1S/C62H62N2O5/c1-59(2,3)68-57(66)54(63-61(44-26-12-8-13-27-44)50-34-20-16-30-46(50)47-31-17-21-35-51(47)61)38-39-56(65)43(40-42-24-10-7-11-25-42)41-55(58(67)69-60(4,5)6)64-62(45-28-14-9-15-29-45)52-36-22-18-32-48(52)49-33-19-23-37-53(49)62/h7-37,43,54-55,63-64H,38-41H2,1-6H3/t43-,54-,55-/m0/s1. The maximum atomic E-state index is 15.4. The minimum Gasteiger partial charge on any atom is -0.459 e. The number of carbonyl (C=O) groups excluding carboxylic acids is 3. The first-order valence-electron chi connectivity index (χ1n) is 24.3. The van der Waals surface area contributed by atoms with E-state index in [1.807, 2.05) is 157 Å². The Morgan fingerprint density at radius 1 is 0.449 bits per heavy atom. The second kappa shape index (κ2) is 19.2. The molecule has 0 amide bonds. The van der Waals surface area contributed by atoms with E-state index in [-0.39, 0.29) is 25.0 Å². The van der Waals surface area contributed by atoms with Gasteiger partial charge in [-0.25, -0.2) is 0 Å². The summed E-state index contributed by atoms with van der Waals surface area (Å²) >= 11 is 0. The quantitative estimate of drug-likeness (QED) is 0.0933. The summed E-state index contributed by atoms with van der Waals surface area (Å²) in [6.07, 6.45) is 0.711. The number of hydrogen-bond acceptors (Lipinski definition) is 7. The number of Topliss-reactive ketones (excluding diaryl/α,β-unsaturated/α-hetero) is 1. The van der Waals surface area contributed by atoms with Crippen molar-refractivity contribution in [1.82, 2.24) is 10.6 Å². The highest BCUT2D eigenvalue weighted by Crippen LogP contribution is 2.53. The first-order valence-corrected chi connectivity index (χ1v) is 24.3. The van der Waals surface area contributed by atoms with Crippen molar-refractivity contribution < 1.29 is 23.9 Å². The molecule has 0 saturated carbocycles. The van der Waals surface area contributed by atoms with Crippen LogP contribution in [0.25, 0.3) is 22.3 Å². The summed E-state index contributed by atoms with van der Waals surface area (Å²) in [7, 11) is 0. The molecule has 3 atom stereocenters. The average molecular weight is 915 g/mol. The SMILES string of the molecule is CC(C)(C)OC(=O)[C@H](CCC(=O)[C@@H](Cc1ccccc1)C[C@H](NC1(c2ccccc2)c2ccccc2-c2ccccc21)C(=O)OC(C)(C)C)NC1(c2ccccc2)c2ccccc2-c2ccccc21. The van der Waals surface area contributed by atoms with Crippen molar-refractivity contribution in [2.75, 3.05) is 0 Å². The third-order valence-corrected chi connectivity index (χ3v) is 13.5. The zero-order chi connectivity index (χ0) is 48.4. The lowest BCUT2D eigenvalue weighted by molar-refractivity contribution is -0.159. The van der Waals surface area contributed by atoms with Crippen LogP contribution in [0, 0.1) is 5.92 Å². The molecule has 2 aliphatic rings. The van der Waals surface area contributed by atoms with Crippen LogP contribution in [0.5, 0.6) is 0 Å². The Hall–Kier alpha value is -6.93. The molecule has 7 aromatic rings. The Balaban J connectivity index is 1.11. The Morgan fingerprint density at radius 3 is 1.17 bits per heavy atom. The highest BCUT2D eigenvalue weighted by molar-refractivity contribution is 5.88. The van der Waals surface area contributed by atoms with Gasteiger partial charge < -0.3 is 9.47 Å². The second-order valence-electron chi connectivity index (χ2n) is 20.5. The number of esters is 2. The van der Waals surface area contributed by atoms with Crippen LogP contribution < -0.4 is 10.6 Å². The Labute approximate surface area is 407 Å². The van der Waals surface area contributed by atoms with Crippen molar-refractivity contribution >= 4 is 17.7 Å². The number of carbonyl (C=O) groups is 3. The fraction of sp³-hybridized carbons (Fsp3) is 0.274. The molecule has 0 bridgehead atoms. The summed E-state index contributed by atoms with van der Waals surface area (Å²) in [5, 5.41) is 7.82. The predicted octanol–water partition coefficient (Wildman–Crippen LogP) is 12.1. The minimum absolute atomic E-state index is 0.0408. The largest absolute Gasteiger partial charge is 0.459 e. The van der Waals surface area contributed by atoms with Gasteiger partial charge in [0.15, 0.2) is 0 Å². The van der Waals surface area contributed by atoms with Gasteiger partial charge in [-0.1, -0.05) is 188 Å². The van der Waals surface area contributed by atoms with Crippen LogP contribution in [-0.2, 0) is 41.4 Å². The highest BCUT2D eigenvalue weighted by atomic mass is 16.6. The molecule has 2 N–H and O–H groups in total. The number of fused-ring (bicyclic) bond motifs is 6. The van der Waals surface area contributed by atoms with Crippen LogP contribution in [0.3, 0.4) is 0 Å². The van der Waals surface area contributed by atoms with E-state index in [2.05, 4.69) is 83.4 Å². The summed E-state index contributed by atoms with van der Waals surface area (Å²) in [5.74, 6) is -1.59. The lowest BCUT2D eigenvalue weighted by Crippen LogP contribution is -2.54. The maximum absolute atomic E-state index is 15.4.